The Morgan fingerprint density at radius 2 is 2.13 bits per heavy atom. The molecule has 5 heteroatoms. The predicted molar refractivity (Wildman–Crippen MR) is 61.3 cm³/mol. The molecule has 1 aromatic carbocycles. The van der Waals surface area contributed by atoms with Gasteiger partial charge in [0, 0.05) is 10.7 Å². The Balaban J connectivity index is 0.000000921. The van der Waals surface area contributed by atoms with Crippen LogP contribution in [-0.4, -0.2) is 17.5 Å². The van der Waals surface area contributed by atoms with Crippen molar-refractivity contribution in [2.75, 3.05) is 5.32 Å². The minimum atomic E-state index is -0.167. The Morgan fingerprint density at radius 3 is 2.60 bits per heavy atom. The second kappa shape index (κ2) is 7.23. The highest BCUT2D eigenvalue weighted by Crippen LogP contribution is 2.19. The molecule has 0 saturated carbocycles. The highest BCUT2D eigenvalue weighted by Gasteiger charge is 2.02. The molecule has 4 N–H and O–H groups in total. The number of anilines is 1. The van der Waals surface area contributed by atoms with Gasteiger partial charge >= 0.3 is 0 Å². The fourth-order valence-electron chi connectivity index (χ4n) is 1.07. The average Bonchev–Trinajstić information content (AvgIpc) is 2.25. The van der Waals surface area contributed by atoms with E-state index in [2.05, 4.69) is 11.2 Å². The molecule has 1 atom stereocenters. The molecular formula is C10H15ClN2O2. The molecule has 0 aliphatic heterocycles. The Morgan fingerprint density at radius 1 is 1.53 bits per heavy atom. The number of rotatable bonds is 3. The maximum absolute atomic E-state index is 10.4. The van der Waals surface area contributed by atoms with Crippen LogP contribution in [0.1, 0.15) is 12.5 Å². The van der Waals surface area contributed by atoms with Crippen molar-refractivity contribution in [3.8, 4) is 0 Å². The quantitative estimate of drug-likeness (QED) is 0.548. The molecule has 0 fully saturated rings. The molecule has 84 valence electrons. The van der Waals surface area contributed by atoms with Crippen LogP contribution in [0.3, 0.4) is 0 Å². The first-order chi connectivity index (χ1) is 7.13. The number of nitrogens with one attached hydrogen (secondary N) is 1. The summed E-state index contributed by atoms with van der Waals surface area (Å²) in [6, 6.07) is 5.37. The van der Waals surface area contributed by atoms with Crippen LogP contribution < -0.4 is 11.2 Å². The minimum Gasteiger partial charge on any atom is -0.376 e. The molecule has 0 amide bonds. The molecule has 15 heavy (non-hydrogen) atoms. The average molecular weight is 231 g/mol. The monoisotopic (exact) mass is 230 g/mol. The van der Waals surface area contributed by atoms with E-state index < -0.39 is 0 Å². The fourth-order valence-corrected chi connectivity index (χ4v) is 1.29. The molecule has 0 saturated heterocycles. The van der Waals surface area contributed by atoms with Gasteiger partial charge in [0.2, 0.25) is 0 Å². The topological polar surface area (TPSA) is 75.4 Å². The van der Waals surface area contributed by atoms with Crippen LogP contribution in [0, 0.1) is 6.92 Å². The smallest absolute Gasteiger partial charge is 0.141 e. The van der Waals surface area contributed by atoms with Crippen LogP contribution in [0.2, 0.25) is 5.02 Å². The summed E-state index contributed by atoms with van der Waals surface area (Å²) >= 11 is 5.79. The lowest BCUT2D eigenvalue weighted by atomic mass is 10.2. The molecule has 1 aromatic rings. The molecule has 1 unspecified atom stereocenters. The van der Waals surface area contributed by atoms with E-state index in [9.17, 15) is 4.79 Å². The number of benzene rings is 1. The number of hydrogen-bond acceptors (Lipinski definition) is 4. The van der Waals surface area contributed by atoms with Crippen molar-refractivity contribution in [1.29, 1.82) is 0 Å². The summed E-state index contributed by atoms with van der Waals surface area (Å²) < 4.78 is 0. The lowest BCUT2D eigenvalue weighted by Gasteiger charge is -2.11. The summed E-state index contributed by atoms with van der Waals surface area (Å²) in [7, 11) is 0. The first kappa shape index (κ1) is 13.9. The third-order valence-corrected chi connectivity index (χ3v) is 2.01. The molecule has 0 aliphatic carbocycles. The number of aldehydes is 1. The predicted octanol–water partition coefficient (Wildman–Crippen LogP) is 1.98. The van der Waals surface area contributed by atoms with Crippen LogP contribution in [0.25, 0.3) is 0 Å². The van der Waals surface area contributed by atoms with Gasteiger partial charge in [0.25, 0.3) is 0 Å². The molecule has 0 spiro atoms. The summed E-state index contributed by atoms with van der Waals surface area (Å²) in [5.41, 5.74) is 1.99. The standard InChI is InChI=1S/C10H12ClNO.H3NO/c1-7-5-9(11)3-4-10(7)12-8(2)6-13;1-2/h3-6,8,12H,1-2H3;2H,1H2. The van der Waals surface area contributed by atoms with Crippen molar-refractivity contribution < 1.29 is 10.0 Å². The van der Waals surface area contributed by atoms with Gasteiger partial charge in [0.15, 0.2) is 0 Å². The van der Waals surface area contributed by atoms with E-state index in [1.165, 1.54) is 0 Å². The maximum atomic E-state index is 10.4. The number of carbonyl (C=O) groups is 1. The highest BCUT2D eigenvalue weighted by atomic mass is 35.5. The number of hydrogen-bond donors (Lipinski definition) is 3. The van der Waals surface area contributed by atoms with E-state index in [-0.39, 0.29) is 6.04 Å². The molecule has 0 aliphatic rings. The van der Waals surface area contributed by atoms with Gasteiger partial charge in [-0.05, 0) is 37.6 Å². The Kier molecular flexibility index (Phi) is 6.70. The summed E-state index contributed by atoms with van der Waals surface area (Å²) in [4.78, 5) is 10.4. The van der Waals surface area contributed by atoms with Crippen LogP contribution in [0.4, 0.5) is 5.69 Å². The van der Waals surface area contributed by atoms with E-state index in [0.717, 1.165) is 17.5 Å². The number of halogens is 1. The zero-order valence-corrected chi connectivity index (χ0v) is 9.45. The highest BCUT2D eigenvalue weighted by molar-refractivity contribution is 6.30. The van der Waals surface area contributed by atoms with Crippen LogP contribution in [0.15, 0.2) is 18.2 Å². The molecule has 4 nitrogen and oxygen atoms in total. The van der Waals surface area contributed by atoms with Crippen molar-refractivity contribution >= 4 is 23.6 Å². The zero-order valence-electron chi connectivity index (χ0n) is 8.70. The Hall–Kier alpha value is -1.10. The summed E-state index contributed by atoms with van der Waals surface area (Å²) in [6.45, 7) is 3.76. The molecule has 0 aromatic heterocycles. The van der Waals surface area contributed by atoms with Crippen molar-refractivity contribution in [1.82, 2.24) is 0 Å². The van der Waals surface area contributed by atoms with Crippen molar-refractivity contribution in [3.63, 3.8) is 0 Å². The maximum Gasteiger partial charge on any atom is 0.141 e. The van der Waals surface area contributed by atoms with Gasteiger partial charge in [0.05, 0.1) is 6.04 Å². The van der Waals surface area contributed by atoms with Gasteiger partial charge in [-0.1, -0.05) is 11.6 Å². The lowest BCUT2D eigenvalue weighted by molar-refractivity contribution is -0.108. The summed E-state index contributed by atoms with van der Waals surface area (Å²) in [5, 5.41) is 10.3. The number of carbonyl (C=O) groups excluding carboxylic acids is 1. The van der Waals surface area contributed by atoms with Crippen LogP contribution in [0.5, 0.6) is 0 Å². The van der Waals surface area contributed by atoms with Gasteiger partial charge in [-0.25, -0.2) is 5.90 Å². The number of aryl methyl sites for hydroxylation is 1. The van der Waals surface area contributed by atoms with E-state index >= 15 is 0 Å². The fraction of sp³-hybridized carbons (Fsp3) is 0.300. The van der Waals surface area contributed by atoms with Crippen LogP contribution in [-0.2, 0) is 4.79 Å². The van der Waals surface area contributed by atoms with Crippen molar-refractivity contribution in [3.05, 3.63) is 28.8 Å². The second-order valence-corrected chi connectivity index (χ2v) is 3.46. The van der Waals surface area contributed by atoms with Gasteiger partial charge < -0.3 is 15.3 Å². The van der Waals surface area contributed by atoms with E-state index in [0.29, 0.717) is 5.02 Å². The van der Waals surface area contributed by atoms with E-state index in [4.69, 9.17) is 16.8 Å². The van der Waals surface area contributed by atoms with Gasteiger partial charge in [-0.3, -0.25) is 0 Å². The first-order valence-electron chi connectivity index (χ1n) is 4.37. The van der Waals surface area contributed by atoms with E-state index in [1.807, 2.05) is 19.1 Å². The third-order valence-electron chi connectivity index (χ3n) is 1.78. The normalized spacial score (nSPS) is 11.0. The van der Waals surface area contributed by atoms with Gasteiger partial charge in [-0.15, -0.1) is 0 Å². The van der Waals surface area contributed by atoms with Crippen molar-refractivity contribution in [2.24, 2.45) is 5.90 Å². The third kappa shape index (κ3) is 4.78. The summed E-state index contributed by atoms with van der Waals surface area (Å²) in [6.07, 6.45) is 0.869. The SMILES string of the molecule is Cc1cc(Cl)ccc1NC(C)C=O.NO. The van der Waals surface area contributed by atoms with E-state index in [1.54, 1.807) is 13.0 Å². The molecule has 1 rings (SSSR count). The van der Waals surface area contributed by atoms with Gasteiger partial charge in [-0.2, -0.15) is 0 Å². The molecule has 0 radical (unpaired) electrons. The molecule has 0 heterocycles. The molecule has 0 bridgehead atoms. The Labute approximate surface area is 94.0 Å². The second-order valence-electron chi connectivity index (χ2n) is 3.03. The lowest BCUT2D eigenvalue weighted by Crippen LogP contribution is -2.16. The first-order valence-corrected chi connectivity index (χ1v) is 4.75. The zero-order chi connectivity index (χ0) is 11.8. The number of nitrogens with two attached hydrogens (primary N) is 1. The molecular weight excluding hydrogens is 216 g/mol. The van der Waals surface area contributed by atoms with Crippen molar-refractivity contribution in [2.45, 2.75) is 19.9 Å². The van der Waals surface area contributed by atoms with Crippen LogP contribution >= 0.6 is 11.6 Å². The van der Waals surface area contributed by atoms with Gasteiger partial charge in [0.1, 0.15) is 6.29 Å². The Bertz CT molecular complexity index is 318. The summed E-state index contributed by atoms with van der Waals surface area (Å²) in [5.74, 6) is 3.50. The minimum absolute atomic E-state index is 0.167. The largest absolute Gasteiger partial charge is 0.376 e.